The molecule has 0 bridgehead atoms. The van der Waals surface area contributed by atoms with Crippen molar-refractivity contribution in [3.8, 4) is 5.69 Å². The lowest BCUT2D eigenvalue weighted by Gasteiger charge is -2.30. The van der Waals surface area contributed by atoms with E-state index in [4.69, 9.17) is 10.5 Å². The Morgan fingerprint density at radius 2 is 2.04 bits per heavy atom. The van der Waals surface area contributed by atoms with Crippen LogP contribution in [0.2, 0.25) is 0 Å². The molecule has 1 aliphatic rings. The molecular formula is C22H29N3O3. The van der Waals surface area contributed by atoms with Gasteiger partial charge in [0.1, 0.15) is 0 Å². The highest BCUT2D eigenvalue weighted by atomic mass is 16.5. The molecule has 28 heavy (non-hydrogen) atoms. The van der Waals surface area contributed by atoms with E-state index in [0.717, 1.165) is 35.5 Å². The number of aromatic nitrogens is 1. The second kappa shape index (κ2) is 7.80. The van der Waals surface area contributed by atoms with Crippen LogP contribution in [0.4, 0.5) is 5.69 Å². The van der Waals surface area contributed by atoms with Crippen LogP contribution in [0.3, 0.4) is 0 Å². The Balaban J connectivity index is 2.03. The number of amides is 1. The van der Waals surface area contributed by atoms with Gasteiger partial charge < -0.3 is 20.4 Å². The van der Waals surface area contributed by atoms with Crippen LogP contribution in [0.15, 0.2) is 24.3 Å². The first-order chi connectivity index (χ1) is 13.2. The molecule has 0 radical (unpaired) electrons. The lowest BCUT2D eigenvalue weighted by molar-refractivity contribution is 0.0910. The zero-order chi connectivity index (χ0) is 20.5. The highest BCUT2D eigenvalue weighted by Crippen LogP contribution is 2.38. The fourth-order valence-corrected chi connectivity index (χ4v) is 3.98. The van der Waals surface area contributed by atoms with E-state index in [1.165, 1.54) is 0 Å². The molecule has 0 unspecified atom stereocenters. The SMILES string of the molecule is COCCCNc1cc(-n2c(C)cc3c2CC(C)(C)CC3=O)ccc1C(N)=O. The summed E-state index contributed by atoms with van der Waals surface area (Å²) in [6.07, 6.45) is 2.21. The summed E-state index contributed by atoms with van der Waals surface area (Å²) >= 11 is 0. The molecule has 2 aromatic rings. The zero-order valence-electron chi connectivity index (χ0n) is 17.1. The topological polar surface area (TPSA) is 86.3 Å². The number of hydrogen-bond donors (Lipinski definition) is 2. The number of Topliss-reactive ketones (excluding diaryl/α,β-unsaturated/α-hetero) is 1. The van der Waals surface area contributed by atoms with Crippen molar-refractivity contribution in [1.82, 2.24) is 4.57 Å². The van der Waals surface area contributed by atoms with Gasteiger partial charge in [-0.05, 0) is 49.4 Å². The number of carbonyl (C=O) groups excluding carboxylic acids is 2. The minimum absolute atomic E-state index is 0.0684. The number of nitrogens with zero attached hydrogens (tertiary/aromatic N) is 1. The molecule has 0 saturated heterocycles. The number of carbonyl (C=O) groups is 2. The third-order valence-electron chi connectivity index (χ3n) is 5.24. The van der Waals surface area contributed by atoms with E-state index < -0.39 is 5.91 Å². The number of anilines is 1. The van der Waals surface area contributed by atoms with Crippen molar-refractivity contribution in [3.63, 3.8) is 0 Å². The Bertz CT molecular complexity index is 912. The minimum Gasteiger partial charge on any atom is -0.385 e. The number of benzene rings is 1. The number of ether oxygens (including phenoxy) is 1. The molecule has 0 spiro atoms. The third kappa shape index (κ3) is 3.97. The summed E-state index contributed by atoms with van der Waals surface area (Å²) in [4.78, 5) is 24.5. The second-order valence-electron chi connectivity index (χ2n) is 8.29. The molecule has 0 saturated carbocycles. The summed E-state index contributed by atoms with van der Waals surface area (Å²) in [6.45, 7) is 7.57. The molecule has 3 rings (SSSR count). The standard InChI is InChI=1S/C22H29N3O3/c1-14-10-17-19(12-22(2,3)13-20(17)26)25(14)15-6-7-16(21(23)27)18(11-15)24-8-5-9-28-4/h6-7,10-11,24H,5,8-9,12-13H2,1-4H3,(H2,23,27). The first kappa shape index (κ1) is 20.1. The van der Waals surface area contributed by atoms with Gasteiger partial charge in [-0.15, -0.1) is 0 Å². The molecule has 6 heteroatoms. The normalized spacial score (nSPS) is 15.4. The van der Waals surface area contributed by atoms with Gasteiger partial charge >= 0.3 is 0 Å². The molecule has 6 nitrogen and oxygen atoms in total. The molecular weight excluding hydrogens is 354 g/mol. The summed E-state index contributed by atoms with van der Waals surface area (Å²) in [6, 6.07) is 7.55. The molecule has 1 aliphatic carbocycles. The molecule has 1 heterocycles. The largest absolute Gasteiger partial charge is 0.385 e. The summed E-state index contributed by atoms with van der Waals surface area (Å²) < 4.78 is 7.20. The number of primary amides is 1. The van der Waals surface area contributed by atoms with Crippen LogP contribution in [0.1, 0.15) is 58.8 Å². The number of hydrogen-bond acceptors (Lipinski definition) is 4. The molecule has 1 aromatic carbocycles. The second-order valence-corrected chi connectivity index (χ2v) is 8.29. The Kier molecular flexibility index (Phi) is 5.61. The summed E-state index contributed by atoms with van der Waals surface area (Å²) in [5.74, 6) is -0.275. The lowest BCUT2D eigenvalue weighted by atomic mass is 9.76. The summed E-state index contributed by atoms with van der Waals surface area (Å²) in [5.41, 5.74) is 10.4. The predicted molar refractivity (Wildman–Crippen MR) is 110 cm³/mol. The van der Waals surface area contributed by atoms with E-state index >= 15 is 0 Å². The summed E-state index contributed by atoms with van der Waals surface area (Å²) in [7, 11) is 1.66. The monoisotopic (exact) mass is 383 g/mol. The average molecular weight is 383 g/mol. The van der Waals surface area contributed by atoms with Crippen LogP contribution in [-0.4, -0.2) is 36.5 Å². The van der Waals surface area contributed by atoms with E-state index in [-0.39, 0.29) is 11.2 Å². The van der Waals surface area contributed by atoms with Crippen molar-refractivity contribution >= 4 is 17.4 Å². The molecule has 0 fully saturated rings. The molecule has 3 N–H and O–H groups in total. The van der Waals surface area contributed by atoms with Crippen molar-refractivity contribution in [3.05, 3.63) is 46.8 Å². The number of fused-ring (bicyclic) bond motifs is 1. The van der Waals surface area contributed by atoms with Gasteiger partial charge in [-0.1, -0.05) is 13.8 Å². The van der Waals surface area contributed by atoms with Crippen molar-refractivity contribution in [2.45, 2.75) is 40.0 Å². The van der Waals surface area contributed by atoms with E-state index in [9.17, 15) is 9.59 Å². The van der Waals surface area contributed by atoms with Gasteiger partial charge in [-0.2, -0.15) is 0 Å². The van der Waals surface area contributed by atoms with Crippen molar-refractivity contribution < 1.29 is 14.3 Å². The fourth-order valence-electron chi connectivity index (χ4n) is 3.98. The van der Waals surface area contributed by atoms with Gasteiger partial charge in [0, 0.05) is 55.0 Å². The van der Waals surface area contributed by atoms with Crippen LogP contribution in [0.5, 0.6) is 0 Å². The van der Waals surface area contributed by atoms with Gasteiger partial charge in [0.15, 0.2) is 5.78 Å². The van der Waals surface area contributed by atoms with Crippen molar-refractivity contribution in [2.24, 2.45) is 11.1 Å². The average Bonchev–Trinajstić information content (AvgIpc) is 2.93. The Hall–Kier alpha value is -2.60. The van der Waals surface area contributed by atoms with Crippen molar-refractivity contribution in [1.29, 1.82) is 0 Å². The molecule has 0 atom stereocenters. The van der Waals surface area contributed by atoms with Crippen LogP contribution in [0.25, 0.3) is 5.69 Å². The number of aryl methyl sites for hydroxylation is 1. The van der Waals surface area contributed by atoms with Gasteiger partial charge in [-0.25, -0.2) is 0 Å². The first-order valence-electron chi connectivity index (χ1n) is 9.65. The van der Waals surface area contributed by atoms with E-state index in [0.29, 0.717) is 30.8 Å². The Labute approximate surface area is 166 Å². The number of ketones is 1. The quantitative estimate of drug-likeness (QED) is 0.717. The number of methoxy groups -OCH3 is 1. The Morgan fingerprint density at radius 3 is 2.71 bits per heavy atom. The van der Waals surface area contributed by atoms with Crippen LogP contribution < -0.4 is 11.1 Å². The molecule has 1 aromatic heterocycles. The zero-order valence-corrected chi connectivity index (χ0v) is 17.1. The van der Waals surface area contributed by atoms with E-state index in [1.807, 2.05) is 25.1 Å². The van der Waals surface area contributed by atoms with E-state index in [1.54, 1.807) is 13.2 Å². The fraction of sp³-hybridized carbons (Fsp3) is 0.455. The van der Waals surface area contributed by atoms with Crippen LogP contribution in [-0.2, 0) is 11.2 Å². The molecule has 150 valence electrons. The number of nitrogens with two attached hydrogens (primary N) is 1. The smallest absolute Gasteiger partial charge is 0.250 e. The maximum absolute atomic E-state index is 12.6. The van der Waals surface area contributed by atoms with Crippen LogP contribution in [0, 0.1) is 12.3 Å². The minimum atomic E-state index is -0.469. The van der Waals surface area contributed by atoms with E-state index in [2.05, 4.69) is 23.7 Å². The highest BCUT2D eigenvalue weighted by molar-refractivity contribution is 6.00. The van der Waals surface area contributed by atoms with Gasteiger partial charge in [0.25, 0.3) is 5.91 Å². The number of nitrogens with one attached hydrogen (secondary N) is 1. The predicted octanol–water partition coefficient (Wildman–Crippen LogP) is 3.49. The molecule has 1 amide bonds. The maximum atomic E-state index is 12.6. The van der Waals surface area contributed by atoms with Crippen molar-refractivity contribution in [2.75, 3.05) is 25.6 Å². The van der Waals surface area contributed by atoms with Gasteiger partial charge in [-0.3, -0.25) is 9.59 Å². The van der Waals surface area contributed by atoms with Gasteiger partial charge in [0.05, 0.1) is 5.56 Å². The highest BCUT2D eigenvalue weighted by Gasteiger charge is 2.34. The maximum Gasteiger partial charge on any atom is 0.250 e. The molecule has 0 aliphatic heterocycles. The Morgan fingerprint density at radius 1 is 1.29 bits per heavy atom. The number of rotatable bonds is 7. The summed E-state index contributed by atoms with van der Waals surface area (Å²) in [5, 5.41) is 3.30. The third-order valence-corrected chi connectivity index (χ3v) is 5.24. The van der Waals surface area contributed by atoms with Crippen LogP contribution >= 0.6 is 0 Å². The van der Waals surface area contributed by atoms with Gasteiger partial charge in [0.2, 0.25) is 0 Å². The first-order valence-corrected chi connectivity index (χ1v) is 9.65. The lowest BCUT2D eigenvalue weighted by Crippen LogP contribution is -2.27.